The molecule has 0 aromatic heterocycles. The number of piperidine rings is 1. The summed E-state index contributed by atoms with van der Waals surface area (Å²) < 4.78 is 0. The summed E-state index contributed by atoms with van der Waals surface area (Å²) in [6.45, 7) is 7.36. The fourth-order valence-electron chi connectivity index (χ4n) is 4.08. The lowest BCUT2D eigenvalue weighted by atomic mass is 9.80. The number of likely N-dealkylation sites (tertiary alicyclic amines) is 1. The Balaban J connectivity index is 1.65. The molecule has 0 bridgehead atoms. The van der Waals surface area contributed by atoms with E-state index in [0.717, 1.165) is 23.9 Å². The number of nitrogens with zero attached hydrogens (tertiary/aromatic N) is 1. The van der Waals surface area contributed by atoms with Gasteiger partial charge >= 0.3 is 0 Å². The zero-order chi connectivity index (χ0) is 13.0. The Bertz CT molecular complexity index is 231. The van der Waals surface area contributed by atoms with Gasteiger partial charge in [0.2, 0.25) is 0 Å². The SMILES string of the molecule is CC1CC(C)CC(NCCC2CCCCN2C)C1. The second-order valence-corrected chi connectivity index (χ2v) is 6.99. The lowest BCUT2D eigenvalue weighted by Gasteiger charge is -2.35. The molecule has 18 heavy (non-hydrogen) atoms. The van der Waals surface area contributed by atoms with E-state index in [1.54, 1.807) is 0 Å². The third-order valence-corrected chi connectivity index (χ3v) is 5.01. The minimum absolute atomic E-state index is 0.789. The quantitative estimate of drug-likeness (QED) is 0.826. The maximum absolute atomic E-state index is 3.82. The highest BCUT2D eigenvalue weighted by Crippen LogP contribution is 2.28. The molecule has 2 rings (SSSR count). The second kappa shape index (κ2) is 6.91. The Hall–Kier alpha value is -0.0800. The van der Waals surface area contributed by atoms with E-state index in [9.17, 15) is 0 Å². The summed E-state index contributed by atoms with van der Waals surface area (Å²) in [4.78, 5) is 2.57. The minimum atomic E-state index is 0.789. The van der Waals surface area contributed by atoms with Gasteiger partial charge < -0.3 is 10.2 Å². The topological polar surface area (TPSA) is 15.3 Å². The van der Waals surface area contributed by atoms with Crippen LogP contribution >= 0.6 is 0 Å². The monoisotopic (exact) mass is 252 g/mol. The largest absolute Gasteiger partial charge is 0.314 e. The van der Waals surface area contributed by atoms with Gasteiger partial charge in [-0.25, -0.2) is 0 Å². The third kappa shape index (κ3) is 4.24. The lowest BCUT2D eigenvalue weighted by molar-refractivity contribution is 0.169. The van der Waals surface area contributed by atoms with E-state index in [2.05, 4.69) is 31.1 Å². The van der Waals surface area contributed by atoms with Crippen molar-refractivity contribution in [3.05, 3.63) is 0 Å². The smallest absolute Gasteiger partial charge is 0.0104 e. The first kappa shape index (κ1) is 14.3. The molecule has 1 saturated carbocycles. The predicted octanol–water partition coefficient (Wildman–Crippen LogP) is 3.28. The maximum atomic E-state index is 3.82. The molecule has 0 amide bonds. The Morgan fingerprint density at radius 1 is 1.06 bits per heavy atom. The van der Waals surface area contributed by atoms with Crippen LogP contribution in [0, 0.1) is 11.8 Å². The number of hydrogen-bond donors (Lipinski definition) is 1. The zero-order valence-electron chi connectivity index (χ0n) is 12.6. The molecule has 0 aromatic carbocycles. The van der Waals surface area contributed by atoms with Gasteiger partial charge in [-0.15, -0.1) is 0 Å². The predicted molar refractivity (Wildman–Crippen MR) is 78.9 cm³/mol. The summed E-state index contributed by atoms with van der Waals surface area (Å²) in [6.07, 6.45) is 9.81. The first-order valence-corrected chi connectivity index (χ1v) is 8.08. The lowest BCUT2D eigenvalue weighted by Crippen LogP contribution is -2.41. The van der Waals surface area contributed by atoms with Gasteiger partial charge in [0.15, 0.2) is 0 Å². The molecular weight excluding hydrogens is 220 g/mol. The summed E-state index contributed by atoms with van der Waals surface area (Å²) in [5.41, 5.74) is 0. The van der Waals surface area contributed by atoms with Crippen LogP contribution in [0.25, 0.3) is 0 Å². The fourth-order valence-corrected chi connectivity index (χ4v) is 4.08. The summed E-state index contributed by atoms with van der Waals surface area (Å²) >= 11 is 0. The highest BCUT2D eigenvalue weighted by Gasteiger charge is 2.24. The second-order valence-electron chi connectivity index (χ2n) is 6.99. The van der Waals surface area contributed by atoms with Crippen LogP contribution < -0.4 is 5.32 Å². The van der Waals surface area contributed by atoms with Crippen LogP contribution in [0.15, 0.2) is 0 Å². The van der Waals surface area contributed by atoms with Crippen molar-refractivity contribution in [1.29, 1.82) is 0 Å². The maximum Gasteiger partial charge on any atom is 0.0104 e. The standard InChI is InChI=1S/C16H32N2/c1-13-10-14(2)12-15(11-13)17-8-7-16-6-4-5-9-18(16)3/h13-17H,4-12H2,1-3H3. The average Bonchev–Trinajstić information content (AvgIpc) is 2.30. The molecule has 1 aliphatic heterocycles. The zero-order valence-corrected chi connectivity index (χ0v) is 12.6. The molecule has 1 heterocycles. The van der Waals surface area contributed by atoms with Crippen molar-refractivity contribution in [3.8, 4) is 0 Å². The molecule has 0 aromatic rings. The Morgan fingerprint density at radius 2 is 1.78 bits per heavy atom. The van der Waals surface area contributed by atoms with E-state index in [0.29, 0.717) is 0 Å². The van der Waals surface area contributed by atoms with Crippen LogP contribution in [0.2, 0.25) is 0 Å². The highest BCUT2D eigenvalue weighted by atomic mass is 15.1. The molecule has 106 valence electrons. The summed E-state index contributed by atoms with van der Waals surface area (Å²) in [5.74, 6) is 1.84. The van der Waals surface area contributed by atoms with Crippen molar-refractivity contribution in [2.24, 2.45) is 11.8 Å². The van der Waals surface area contributed by atoms with Crippen molar-refractivity contribution in [3.63, 3.8) is 0 Å². The molecule has 3 atom stereocenters. The molecule has 2 heteroatoms. The van der Waals surface area contributed by atoms with Gasteiger partial charge in [0.05, 0.1) is 0 Å². The van der Waals surface area contributed by atoms with Gasteiger partial charge in [0, 0.05) is 12.1 Å². The van der Waals surface area contributed by atoms with Gasteiger partial charge in [-0.1, -0.05) is 20.3 Å². The summed E-state index contributed by atoms with van der Waals surface area (Å²) in [7, 11) is 2.30. The fraction of sp³-hybridized carbons (Fsp3) is 1.00. The van der Waals surface area contributed by atoms with E-state index in [1.807, 2.05) is 0 Å². The van der Waals surface area contributed by atoms with Crippen LogP contribution in [0.3, 0.4) is 0 Å². The van der Waals surface area contributed by atoms with E-state index in [-0.39, 0.29) is 0 Å². The summed E-state index contributed by atoms with van der Waals surface area (Å²) in [6, 6.07) is 1.63. The van der Waals surface area contributed by atoms with E-state index < -0.39 is 0 Å². The number of rotatable bonds is 4. The van der Waals surface area contributed by atoms with Crippen molar-refractivity contribution >= 4 is 0 Å². The highest BCUT2D eigenvalue weighted by molar-refractivity contribution is 4.81. The van der Waals surface area contributed by atoms with Gasteiger partial charge in [-0.3, -0.25) is 0 Å². The molecule has 2 aliphatic rings. The van der Waals surface area contributed by atoms with E-state index >= 15 is 0 Å². The van der Waals surface area contributed by atoms with Gasteiger partial charge in [0.1, 0.15) is 0 Å². The normalized spacial score (nSPS) is 38.8. The van der Waals surface area contributed by atoms with Crippen LogP contribution in [0.4, 0.5) is 0 Å². The van der Waals surface area contributed by atoms with E-state index in [1.165, 1.54) is 58.0 Å². The molecule has 2 nitrogen and oxygen atoms in total. The molecule has 0 radical (unpaired) electrons. The first-order valence-electron chi connectivity index (χ1n) is 8.08. The Kier molecular flexibility index (Phi) is 5.50. The van der Waals surface area contributed by atoms with Gasteiger partial charge in [0.25, 0.3) is 0 Å². The van der Waals surface area contributed by atoms with Crippen LogP contribution in [0.5, 0.6) is 0 Å². The molecule has 1 N–H and O–H groups in total. The first-order chi connectivity index (χ1) is 8.65. The molecule has 1 saturated heterocycles. The van der Waals surface area contributed by atoms with Crippen LogP contribution in [-0.4, -0.2) is 37.1 Å². The molecular formula is C16H32N2. The molecule has 0 spiro atoms. The van der Waals surface area contributed by atoms with Crippen molar-refractivity contribution in [2.45, 2.75) is 70.9 Å². The third-order valence-electron chi connectivity index (χ3n) is 5.01. The number of hydrogen-bond acceptors (Lipinski definition) is 2. The van der Waals surface area contributed by atoms with E-state index in [4.69, 9.17) is 0 Å². The molecule has 1 aliphatic carbocycles. The summed E-state index contributed by atoms with van der Waals surface area (Å²) in [5, 5.41) is 3.82. The average molecular weight is 252 g/mol. The van der Waals surface area contributed by atoms with Crippen LogP contribution in [-0.2, 0) is 0 Å². The number of nitrogens with one attached hydrogen (secondary N) is 1. The minimum Gasteiger partial charge on any atom is -0.314 e. The van der Waals surface area contributed by atoms with Gasteiger partial charge in [-0.2, -0.15) is 0 Å². The Labute approximate surface area is 114 Å². The van der Waals surface area contributed by atoms with Crippen molar-refractivity contribution in [1.82, 2.24) is 10.2 Å². The van der Waals surface area contributed by atoms with Gasteiger partial charge in [-0.05, 0) is 70.5 Å². The van der Waals surface area contributed by atoms with Crippen molar-refractivity contribution in [2.75, 3.05) is 20.1 Å². The molecule has 3 unspecified atom stereocenters. The molecule has 2 fully saturated rings. The van der Waals surface area contributed by atoms with Crippen LogP contribution in [0.1, 0.15) is 58.8 Å². The Morgan fingerprint density at radius 3 is 2.44 bits per heavy atom. The van der Waals surface area contributed by atoms with Crippen molar-refractivity contribution < 1.29 is 0 Å².